The predicted molar refractivity (Wildman–Crippen MR) is 104 cm³/mol. The first-order valence-corrected chi connectivity index (χ1v) is 10.3. The van der Waals surface area contributed by atoms with E-state index in [0.29, 0.717) is 34.2 Å². The average Bonchev–Trinajstić information content (AvgIpc) is 3.37. The Bertz CT molecular complexity index is 1120. The number of aromatic nitrogens is 5. The Morgan fingerprint density at radius 3 is 2.96 bits per heavy atom. The fourth-order valence-corrected chi connectivity index (χ4v) is 3.69. The topological polar surface area (TPSA) is 120 Å². The van der Waals surface area contributed by atoms with Crippen molar-refractivity contribution < 1.29 is 13.7 Å². The van der Waals surface area contributed by atoms with E-state index in [1.165, 1.54) is 23.1 Å². The molecule has 1 aromatic carbocycles. The summed E-state index contributed by atoms with van der Waals surface area (Å²) in [6.45, 7) is 3.84. The van der Waals surface area contributed by atoms with Gasteiger partial charge in [-0.05, 0) is 31.5 Å². The van der Waals surface area contributed by atoms with Crippen LogP contribution in [-0.4, -0.2) is 31.2 Å². The van der Waals surface area contributed by atoms with E-state index in [0.717, 1.165) is 21.7 Å². The van der Waals surface area contributed by atoms with Gasteiger partial charge in [0.25, 0.3) is 5.22 Å². The molecule has 144 valence electrons. The van der Waals surface area contributed by atoms with Crippen LogP contribution in [0, 0.1) is 13.8 Å². The van der Waals surface area contributed by atoms with Crippen molar-refractivity contribution in [3.8, 4) is 0 Å². The van der Waals surface area contributed by atoms with Crippen molar-refractivity contribution in [2.24, 2.45) is 0 Å². The predicted octanol–water partition coefficient (Wildman–Crippen LogP) is 3.54. The van der Waals surface area contributed by atoms with Gasteiger partial charge in [0.05, 0.1) is 5.75 Å². The number of hydrogen-bond acceptors (Lipinski definition) is 10. The molecule has 0 aliphatic heterocycles. The Morgan fingerprint density at radius 2 is 2.14 bits per heavy atom. The fourth-order valence-electron chi connectivity index (χ4n) is 2.40. The van der Waals surface area contributed by atoms with Crippen molar-refractivity contribution in [3.63, 3.8) is 0 Å². The Morgan fingerprint density at radius 1 is 1.25 bits per heavy atom. The minimum Gasteiger partial charge on any atom is -0.431 e. The third kappa shape index (κ3) is 4.54. The SMILES string of the molecule is Cc1ccc2oc(SCc3noc(CCC(=O)Nc4nnc(C)s4)n3)nc2c1. The van der Waals surface area contributed by atoms with Gasteiger partial charge in [0, 0.05) is 12.8 Å². The monoisotopic (exact) mass is 416 g/mol. The summed E-state index contributed by atoms with van der Waals surface area (Å²) >= 11 is 2.72. The summed E-state index contributed by atoms with van der Waals surface area (Å²) in [5.74, 6) is 1.23. The normalized spacial score (nSPS) is 11.2. The molecule has 1 N–H and O–H groups in total. The first-order valence-electron chi connectivity index (χ1n) is 8.46. The zero-order valence-electron chi connectivity index (χ0n) is 15.1. The number of carbonyl (C=O) groups excluding carboxylic acids is 1. The summed E-state index contributed by atoms with van der Waals surface area (Å²) in [4.78, 5) is 20.7. The van der Waals surface area contributed by atoms with E-state index in [9.17, 15) is 4.79 Å². The van der Waals surface area contributed by atoms with E-state index < -0.39 is 0 Å². The molecule has 4 aromatic rings. The summed E-state index contributed by atoms with van der Waals surface area (Å²) in [7, 11) is 0. The summed E-state index contributed by atoms with van der Waals surface area (Å²) in [6, 6.07) is 5.86. The molecule has 11 heteroatoms. The molecule has 3 aromatic heterocycles. The summed E-state index contributed by atoms with van der Waals surface area (Å²) in [5.41, 5.74) is 2.71. The van der Waals surface area contributed by atoms with Gasteiger partial charge in [-0.25, -0.2) is 4.98 Å². The van der Waals surface area contributed by atoms with Gasteiger partial charge in [0.15, 0.2) is 11.4 Å². The van der Waals surface area contributed by atoms with Crippen LogP contribution >= 0.6 is 23.1 Å². The average molecular weight is 416 g/mol. The number of oxazole rings is 1. The lowest BCUT2D eigenvalue weighted by Crippen LogP contribution is -2.12. The van der Waals surface area contributed by atoms with Crippen LogP contribution in [0.2, 0.25) is 0 Å². The molecule has 4 rings (SSSR count). The van der Waals surface area contributed by atoms with Crippen LogP contribution < -0.4 is 5.32 Å². The lowest BCUT2D eigenvalue weighted by molar-refractivity contribution is -0.116. The van der Waals surface area contributed by atoms with Gasteiger partial charge in [0.2, 0.25) is 16.9 Å². The van der Waals surface area contributed by atoms with Crippen molar-refractivity contribution in [1.82, 2.24) is 25.3 Å². The van der Waals surface area contributed by atoms with Gasteiger partial charge in [-0.2, -0.15) is 4.98 Å². The van der Waals surface area contributed by atoms with Crippen LogP contribution in [0.25, 0.3) is 11.1 Å². The Hall–Kier alpha value is -2.79. The number of nitrogens with one attached hydrogen (secondary N) is 1. The number of anilines is 1. The van der Waals surface area contributed by atoms with Crippen molar-refractivity contribution in [1.29, 1.82) is 0 Å². The zero-order valence-corrected chi connectivity index (χ0v) is 16.8. The molecule has 0 saturated heterocycles. The van der Waals surface area contributed by atoms with Crippen LogP contribution in [0.15, 0.2) is 32.4 Å². The van der Waals surface area contributed by atoms with Crippen LogP contribution in [-0.2, 0) is 17.0 Å². The number of hydrogen-bond donors (Lipinski definition) is 1. The Balaban J connectivity index is 1.28. The molecule has 0 aliphatic rings. The van der Waals surface area contributed by atoms with Crippen LogP contribution in [0.3, 0.4) is 0 Å². The van der Waals surface area contributed by atoms with Crippen LogP contribution in [0.1, 0.15) is 28.7 Å². The van der Waals surface area contributed by atoms with Gasteiger partial charge in [-0.15, -0.1) is 10.2 Å². The molecule has 28 heavy (non-hydrogen) atoms. The second-order valence-corrected chi connectivity index (χ2v) is 8.13. The molecule has 0 spiro atoms. The van der Waals surface area contributed by atoms with E-state index >= 15 is 0 Å². The summed E-state index contributed by atoms with van der Waals surface area (Å²) in [5, 5.41) is 16.2. The maximum atomic E-state index is 11.9. The van der Waals surface area contributed by atoms with Gasteiger partial charge < -0.3 is 14.3 Å². The smallest absolute Gasteiger partial charge is 0.257 e. The molecule has 0 fully saturated rings. The minimum atomic E-state index is -0.174. The highest BCUT2D eigenvalue weighted by Crippen LogP contribution is 2.26. The Labute approximate surface area is 167 Å². The molecule has 0 atom stereocenters. The van der Waals surface area contributed by atoms with Crippen molar-refractivity contribution in [2.75, 3.05) is 5.32 Å². The first-order chi connectivity index (χ1) is 13.5. The second-order valence-electron chi connectivity index (χ2n) is 6.02. The van der Waals surface area contributed by atoms with Crippen LogP contribution in [0.4, 0.5) is 5.13 Å². The number of thioether (sulfide) groups is 1. The van der Waals surface area contributed by atoms with Gasteiger partial charge in [0.1, 0.15) is 10.5 Å². The Kier molecular flexibility index (Phi) is 5.35. The molecular formula is C17H16N6O3S2. The number of aryl methyl sites for hydroxylation is 3. The molecule has 3 heterocycles. The summed E-state index contributed by atoms with van der Waals surface area (Å²) < 4.78 is 10.9. The largest absolute Gasteiger partial charge is 0.431 e. The highest BCUT2D eigenvalue weighted by molar-refractivity contribution is 7.98. The van der Waals surface area contributed by atoms with E-state index in [4.69, 9.17) is 8.94 Å². The summed E-state index contributed by atoms with van der Waals surface area (Å²) in [6.07, 6.45) is 0.571. The molecule has 0 aliphatic carbocycles. The number of nitrogens with zero attached hydrogens (tertiary/aromatic N) is 5. The molecule has 1 amide bonds. The number of fused-ring (bicyclic) bond motifs is 1. The lowest BCUT2D eigenvalue weighted by Gasteiger charge is -1.97. The zero-order chi connectivity index (χ0) is 19.5. The van der Waals surface area contributed by atoms with Gasteiger partial charge in [-0.3, -0.25) is 4.79 Å². The molecule has 0 radical (unpaired) electrons. The van der Waals surface area contributed by atoms with Crippen molar-refractivity contribution >= 4 is 45.2 Å². The lowest BCUT2D eigenvalue weighted by atomic mass is 10.2. The maximum absolute atomic E-state index is 11.9. The third-order valence-electron chi connectivity index (χ3n) is 3.70. The standard InChI is InChI=1S/C17H16N6O3S2/c1-9-3-4-12-11(7-9)18-17(25-12)27-8-13-19-15(26-23-13)6-5-14(24)20-16-22-21-10(2)28-16/h3-4,7H,5-6,8H2,1-2H3,(H,20,22,24). The van der Waals surface area contributed by atoms with E-state index in [1.54, 1.807) is 0 Å². The molecule has 9 nitrogen and oxygen atoms in total. The van der Waals surface area contributed by atoms with Crippen LogP contribution in [0.5, 0.6) is 0 Å². The fraction of sp³-hybridized carbons (Fsp3) is 0.294. The highest BCUT2D eigenvalue weighted by Gasteiger charge is 2.13. The van der Waals surface area contributed by atoms with E-state index in [1.807, 2.05) is 32.0 Å². The van der Waals surface area contributed by atoms with Crippen molar-refractivity contribution in [3.05, 3.63) is 40.5 Å². The van der Waals surface area contributed by atoms with Gasteiger partial charge in [-0.1, -0.05) is 34.3 Å². The number of amides is 1. The molecule has 0 unspecified atom stereocenters. The van der Waals surface area contributed by atoms with E-state index in [2.05, 4.69) is 30.6 Å². The number of carbonyl (C=O) groups is 1. The third-order valence-corrected chi connectivity index (χ3v) is 5.27. The second kappa shape index (κ2) is 8.07. The molecule has 0 bridgehead atoms. The number of benzene rings is 1. The van der Waals surface area contributed by atoms with Gasteiger partial charge >= 0.3 is 0 Å². The molecule has 0 saturated carbocycles. The maximum Gasteiger partial charge on any atom is 0.257 e. The van der Waals surface area contributed by atoms with E-state index in [-0.39, 0.29) is 12.3 Å². The highest BCUT2D eigenvalue weighted by atomic mass is 32.2. The quantitative estimate of drug-likeness (QED) is 0.451. The number of rotatable bonds is 7. The minimum absolute atomic E-state index is 0.174. The molecular weight excluding hydrogens is 400 g/mol. The van der Waals surface area contributed by atoms with Crippen molar-refractivity contribution in [2.45, 2.75) is 37.7 Å². The first kappa shape index (κ1) is 18.6.